The van der Waals surface area contributed by atoms with Gasteiger partial charge in [-0.25, -0.2) is 4.98 Å². The molecule has 1 atom stereocenters. The highest BCUT2D eigenvalue weighted by molar-refractivity contribution is 5.75. The topological polar surface area (TPSA) is 39.1 Å². The number of rotatable bonds is 5. The Bertz CT molecular complexity index is 543. The van der Waals surface area contributed by atoms with Crippen LogP contribution in [0.5, 0.6) is 0 Å². The molecule has 4 heteroatoms. The fourth-order valence-electron chi connectivity index (χ4n) is 2.76. The molecule has 2 heterocycles. The summed E-state index contributed by atoms with van der Waals surface area (Å²) in [6.07, 6.45) is 2.76. The Hall–Kier alpha value is -1.39. The lowest BCUT2D eigenvalue weighted by Gasteiger charge is -2.11. The van der Waals surface area contributed by atoms with Crippen molar-refractivity contribution >= 4 is 11.0 Å². The number of benzene rings is 1. The largest absolute Gasteiger partial charge is 0.377 e. The van der Waals surface area contributed by atoms with Crippen LogP contribution < -0.4 is 5.32 Å². The number of aromatic nitrogens is 2. The molecule has 19 heavy (non-hydrogen) atoms. The minimum Gasteiger partial charge on any atom is -0.377 e. The summed E-state index contributed by atoms with van der Waals surface area (Å²) < 4.78 is 7.89. The molecule has 0 aliphatic carbocycles. The highest BCUT2D eigenvalue weighted by Gasteiger charge is 2.15. The first-order valence-electron chi connectivity index (χ1n) is 7.15. The van der Waals surface area contributed by atoms with Gasteiger partial charge in [0, 0.05) is 19.7 Å². The molecule has 2 aromatic rings. The van der Waals surface area contributed by atoms with Gasteiger partial charge in [0.2, 0.25) is 0 Å². The minimum absolute atomic E-state index is 0.388. The SMILES string of the molecule is CCn1c(CNCC2CCCO2)nc2ccccc21. The van der Waals surface area contributed by atoms with Crippen LogP contribution in [0.4, 0.5) is 0 Å². The summed E-state index contributed by atoms with van der Waals surface area (Å²) in [5.74, 6) is 1.11. The summed E-state index contributed by atoms with van der Waals surface area (Å²) in [7, 11) is 0. The van der Waals surface area contributed by atoms with Crippen LogP contribution in [0.3, 0.4) is 0 Å². The van der Waals surface area contributed by atoms with E-state index in [4.69, 9.17) is 9.72 Å². The Labute approximate surface area is 113 Å². The molecule has 0 spiro atoms. The monoisotopic (exact) mass is 259 g/mol. The molecule has 1 aromatic carbocycles. The summed E-state index contributed by atoms with van der Waals surface area (Å²) in [5.41, 5.74) is 2.30. The summed E-state index contributed by atoms with van der Waals surface area (Å²) in [4.78, 5) is 4.71. The van der Waals surface area contributed by atoms with Crippen LogP contribution in [0.1, 0.15) is 25.6 Å². The molecule has 1 aromatic heterocycles. The number of ether oxygens (including phenoxy) is 1. The highest BCUT2D eigenvalue weighted by atomic mass is 16.5. The smallest absolute Gasteiger partial charge is 0.123 e. The first-order chi connectivity index (χ1) is 9.38. The molecule has 0 radical (unpaired) electrons. The zero-order valence-electron chi connectivity index (χ0n) is 11.4. The summed E-state index contributed by atoms with van der Waals surface area (Å²) in [6.45, 7) is 5.77. The molecule has 3 rings (SSSR count). The Morgan fingerprint density at radius 1 is 1.42 bits per heavy atom. The summed E-state index contributed by atoms with van der Waals surface area (Å²) >= 11 is 0. The van der Waals surface area contributed by atoms with Crippen LogP contribution >= 0.6 is 0 Å². The Kier molecular flexibility index (Phi) is 3.80. The zero-order valence-corrected chi connectivity index (χ0v) is 11.4. The molecule has 1 saturated heterocycles. The molecule has 102 valence electrons. The van der Waals surface area contributed by atoms with E-state index in [0.29, 0.717) is 6.10 Å². The van der Waals surface area contributed by atoms with E-state index in [2.05, 4.69) is 35.0 Å². The molecular weight excluding hydrogens is 238 g/mol. The maximum atomic E-state index is 5.62. The normalized spacial score (nSPS) is 19.3. The van der Waals surface area contributed by atoms with E-state index in [0.717, 1.165) is 37.6 Å². The van der Waals surface area contributed by atoms with Crippen LogP contribution in [-0.2, 0) is 17.8 Å². The van der Waals surface area contributed by atoms with Crippen LogP contribution in [0.2, 0.25) is 0 Å². The average Bonchev–Trinajstić information content (AvgIpc) is 3.05. The Morgan fingerprint density at radius 2 is 2.32 bits per heavy atom. The van der Waals surface area contributed by atoms with Crippen molar-refractivity contribution in [2.45, 2.75) is 39.0 Å². The molecule has 0 saturated carbocycles. The first-order valence-corrected chi connectivity index (χ1v) is 7.15. The highest BCUT2D eigenvalue weighted by Crippen LogP contribution is 2.16. The van der Waals surface area contributed by atoms with Crippen LogP contribution in [0, 0.1) is 0 Å². The number of aryl methyl sites for hydroxylation is 1. The van der Waals surface area contributed by atoms with Crippen molar-refractivity contribution in [3.05, 3.63) is 30.1 Å². The van der Waals surface area contributed by atoms with Gasteiger partial charge in [0.1, 0.15) is 5.82 Å². The molecule has 1 unspecified atom stereocenters. The number of nitrogens with one attached hydrogen (secondary N) is 1. The van der Waals surface area contributed by atoms with Crippen LogP contribution in [-0.4, -0.2) is 28.8 Å². The second kappa shape index (κ2) is 5.72. The fourth-order valence-corrected chi connectivity index (χ4v) is 2.76. The number of hydrogen-bond donors (Lipinski definition) is 1. The molecule has 1 aliphatic rings. The second-order valence-corrected chi connectivity index (χ2v) is 5.03. The molecule has 4 nitrogen and oxygen atoms in total. The van der Waals surface area contributed by atoms with Crippen LogP contribution in [0.15, 0.2) is 24.3 Å². The lowest BCUT2D eigenvalue weighted by atomic mass is 10.2. The van der Waals surface area contributed by atoms with Gasteiger partial charge in [0.05, 0.1) is 23.7 Å². The van der Waals surface area contributed by atoms with Crippen molar-refractivity contribution in [1.82, 2.24) is 14.9 Å². The van der Waals surface area contributed by atoms with Gasteiger partial charge in [0.15, 0.2) is 0 Å². The van der Waals surface area contributed by atoms with E-state index in [1.54, 1.807) is 0 Å². The van der Waals surface area contributed by atoms with E-state index in [-0.39, 0.29) is 0 Å². The minimum atomic E-state index is 0.388. The van der Waals surface area contributed by atoms with E-state index in [1.165, 1.54) is 18.4 Å². The Balaban J connectivity index is 1.69. The molecule has 1 aliphatic heterocycles. The summed E-state index contributed by atoms with van der Waals surface area (Å²) in [5, 5.41) is 3.47. The number of hydrogen-bond acceptors (Lipinski definition) is 3. The molecular formula is C15H21N3O. The third kappa shape index (κ3) is 2.65. The number of nitrogens with zero attached hydrogens (tertiary/aromatic N) is 2. The molecule has 1 fully saturated rings. The predicted molar refractivity (Wildman–Crippen MR) is 76.1 cm³/mol. The Morgan fingerprint density at radius 3 is 3.11 bits per heavy atom. The fraction of sp³-hybridized carbons (Fsp3) is 0.533. The van der Waals surface area contributed by atoms with Gasteiger partial charge in [-0.3, -0.25) is 0 Å². The summed E-state index contributed by atoms with van der Waals surface area (Å²) in [6, 6.07) is 8.32. The van der Waals surface area contributed by atoms with Gasteiger partial charge >= 0.3 is 0 Å². The van der Waals surface area contributed by atoms with E-state index >= 15 is 0 Å². The van der Waals surface area contributed by atoms with Gasteiger partial charge in [0.25, 0.3) is 0 Å². The van der Waals surface area contributed by atoms with Crippen molar-refractivity contribution in [3.63, 3.8) is 0 Å². The number of imidazole rings is 1. The average molecular weight is 259 g/mol. The van der Waals surface area contributed by atoms with Crippen LogP contribution in [0.25, 0.3) is 11.0 Å². The van der Waals surface area contributed by atoms with Gasteiger partial charge in [-0.15, -0.1) is 0 Å². The maximum Gasteiger partial charge on any atom is 0.123 e. The van der Waals surface area contributed by atoms with Crippen molar-refractivity contribution in [2.75, 3.05) is 13.2 Å². The van der Waals surface area contributed by atoms with Gasteiger partial charge in [-0.05, 0) is 31.9 Å². The van der Waals surface area contributed by atoms with Gasteiger partial charge in [-0.2, -0.15) is 0 Å². The van der Waals surface area contributed by atoms with Gasteiger partial charge < -0.3 is 14.6 Å². The van der Waals surface area contributed by atoms with Crippen molar-refractivity contribution in [2.24, 2.45) is 0 Å². The lowest BCUT2D eigenvalue weighted by Crippen LogP contribution is -2.27. The third-order valence-corrected chi connectivity index (χ3v) is 3.73. The van der Waals surface area contributed by atoms with E-state index < -0.39 is 0 Å². The third-order valence-electron chi connectivity index (χ3n) is 3.73. The second-order valence-electron chi connectivity index (χ2n) is 5.03. The number of para-hydroxylation sites is 2. The molecule has 1 N–H and O–H groups in total. The molecule has 0 amide bonds. The predicted octanol–water partition coefficient (Wildman–Crippen LogP) is 2.32. The number of fused-ring (bicyclic) bond motifs is 1. The van der Waals surface area contributed by atoms with Crippen molar-refractivity contribution in [3.8, 4) is 0 Å². The lowest BCUT2D eigenvalue weighted by molar-refractivity contribution is 0.109. The van der Waals surface area contributed by atoms with E-state index in [1.807, 2.05) is 6.07 Å². The van der Waals surface area contributed by atoms with Gasteiger partial charge in [-0.1, -0.05) is 12.1 Å². The maximum absolute atomic E-state index is 5.62. The quantitative estimate of drug-likeness (QED) is 0.895. The first kappa shape index (κ1) is 12.6. The standard InChI is InChI=1S/C15H21N3O/c1-2-18-14-8-4-3-7-13(14)17-15(18)11-16-10-12-6-5-9-19-12/h3-4,7-8,12,16H,2,5-6,9-11H2,1H3. The zero-order chi connectivity index (χ0) is 13.1. The van der Waals surface area contributed by atoms with E-state index in [9.17, 15) is 0 Å². The van der Waals surface area contributed by atoms with Crippen molar-refractivity contribution < 1.29 is 4.74 Å². The molecule has 0 bridgehead atoms. The van der Waals surface area contributed by atoms with Crippen molar-refractivity contribution in [1.29, 1.82) is 0 Å².